The van der Waals surface area contributed by atoms with E-state index in [2.05, 4.69) is 10.5 Å². The number of benzene rings is 1. The normalized spacial score (nSPS) is 15.0. The van der Waals surface area contributed by atoms with Crippen molar-refractivity contribution in [2.45, 2.75) is 25.4 Å². The van der Waals surface area contributed by atoms with Gasteiger partial charge in [0.25, 0.3) is 0 Å². The maximum atomic E-state index is 5.98. The van der Waals surface area contributed by atoms with Crippen LogP contribution in [0.1, 0.15) is 18.5 Å². The van der Waals surface area contributed by atoms with Gasteiger partial charge < -0.3 is 9.84 Å². The maximum absolute atomic E-state index is 5.98. The third kappa shape index (κ3) is 2.69. The molecule has 0 atom stereocenters. The quantitative estimate of drug-likeness (QED) is 0.924. The van der Waals surface area contributed by atoms with Crippen molar-refractivity contribution in [2.75, 3.05) is 0 Å². The molecule has 1 aliphatic rings. The first kappa shape index (κ1) is 12.0. The molecule has 0 aliphatic heterocycles. The molecule has 0 bridgehead atoms. The monoisotopic (exact) mass is 282 g/mol. The van der Waals surface area contributed by atoms with Crippen molar-refractivity contribution in [3.05, 3.63) is 40.0 Å². The van der Waals surface area contributed by atoms with Crippen molar-refractivity contribution in [2.24, 2.45) is 0 Å². The Labute approximate surface area is 115 Å². The highest BCUT2D eigenvalue weighted by Gasteiger charge is 2.20. The number of halogens is 2. The number of nitrogens with one attached hydrogen (secondary N) is 1. The number of aromatic nitrogens is 1. The van der Waals surface area contributed by atoms with Crippen molar-refractivity contribution >= 4 is 23.2 Å². The van der Waals surface area contributed by atoms with Crippen molar-refractivity contribution in [3.63, 3.8) is 0 Å². The van der Waals surface area contributed by atoms with Gasteiger partial charge in [0.2, 0.25) is 0 Å². The summed E-state index contributed by atoms with van der Waals surface area (Å²) in [6.45, 7) is 0.746. The molecule has 2 aromatic rings. The first-order chi connectivity index (χ1) is 8.72. The molecule has 1 aromatic heterocycles. The fraction of sp³-hybridized carbons (Fsp3) is 0.308. The third-order valence-electron chi connectivity index (χ3n) is 2.91. The van der Waals surface area contributed by atoms with Crippen LogP contribution >= 0.6 is 23.2 Å². The summed E-state index contributed by atoms with van der Waals surface area (Å²) in [5.74, 6) is 0.709. The highest BCUT2D eigenvalue weighted by molar-refractivity contribution is 6.42. The Hall–Kier alpha value is -1.03. The van der Waals surface area contributed by atoms with Crippen LogP contribution in [0.5, 0.6) is 0 Å². The lowest BCUT2D eigenvalue weighted by Gasteiger charge is -1.98. The summed E-state index contributed by atoms with van der Waals surface area (Å²) in [5, 5.41) is 8.47. The minimum Gasteiger partial charge on any atom is -0.356 e. The van der Waals surface area contributed by atoms with Gasteiger partial charge in [-0.3, -0.25) is 0 Å². The van der Waals surface area contributed by atoms with Crippen molar-refractivity contribution < 1.29 is 4.52 Å². The predicted octanol–water partition coefficient (Wildman–Crippen LogP) is 3.90. The lowest BCUT2D eigenvalue weighted by Crippen LogP contribution is -2.15. The molecule has 0 radical (unpaired) electrons. The van der Waals surface area contributed by atoms with Gasteiger partial charge in [-0.25, -0.2) is 0 Å². The van der Waals surface area contributed by atoms with E-state index in [1.165, 1.54) is 12.8 Å². The molecule has 0 saturated heterocycles. The molecule has 0 amide bonds. The zero-order valence-corrected chi connectivity index (χ0v) is 11.1. The van der Waals surface area contributed by atoms with Gasteiger partial charge in [-0.2, -0.15) is 0 Å². The fourth-order valence-electron chi connectivity index (χ4n) is 1.72. The van der Waals surface area contributed by atoms with Crippen molar-refractivity contribution in [1.82, 2.24) is 10.5 Å². The van der Waals surface area contributed by atoms with Crippen LogP contribution in [-0.2, 0) is 6.54 Å². The second-order valence-electron chi connectivity index (χ2n) is 4.47. The van der Waals surface area contributed by atoms with Gasteiger partial charge in [-0.1, -0.05) is 28.4 Å². The van der Waals surface area contributed by atoms with E-state index in [1.54, 1.807) is 12.1 Å². The van der Waals surface area contributed by atoms with E-state index in [4.69, 9.17) is 27.7 Å². The van der Waals surface area contributed by atoms with Crippen LogP contribution in [0.3, 0.4) is 0 Å². The molecule has 5 heteroatoms. The summed E-state index contributed by atoms with van der Waals surface area (Å²) < 4.78 is 5.31. The van der Waals surface area contributed by atoms with Crippen molar-refractivity contribution in [3.8, 4) is 11.3 Å². The Kier molecular flexibility index (Phi) is 3.29. The molecule has 0 spiro atoms. The lowest BCUT2D eigenvalue weighted by molar-refractivity contribution is 0.420. The lowest BCUT2D eigenvalue weighted by atomic mass is 10.1. The average Bonchev–Trinajstić information content (AvgIpc) is 3.08. The summed E-state index contributed by atoms with van der Waals surface area (Å²) in [7, 11) is 0. The first-order valence-electron chi connectivity index (χ1n) is 5.87. The smallest absolute Gasteiger partial charge is 0.167 e. The van der Waals surface area contributed by atoms with Gasteiger partial charge in [-0.05, 0) is 31.0 Å². The van der Waals surface area contributed by atoms with Crippen LogP contribution in [0.2, 0.25) is 10.0 Å². The summed E-state index contributed by atoms with van der Waals surface area (Å²) in [6, 6.07) is 7.99. The highest BCUT2D eigenvalue weighted by atomic mass is 35.5. The van der Waals surface area contributed by atoms with Crippen LogP contribution in [-0.4, -0.2) is 11.2 Å². The summed E-state index contributed by atoms with van der Waals surface area (Å²) in [4.78, 5) is 0. The molecular formula is C13H12Cl2N2O. The standard InChI is InChI=1S/C13H12Cl2N2O/c14-11-4-1-8(5-12(11)15)13-6-10(17-18-13)7-16-9-2-3-9/h1,4-6,9,16H,2-3,7H2. The molecule has 3 nitrogen and oxygen atoms in total. The molecule has 1 N–H and O–H groups in total. The molecule has 1 aliphatic carbocycles. The van der Waals surface area contributed by atoms with Gasteiger partial charge in [0.1, 0.15) is 0 Å². The van der Waals surface area contributed by atoms with Crippen LogP contribution in [0.4, 0.5) is 0 Å². The van der Waals surface area contributed by atoms with Gasteiger partial charge >= 0.3 is 0 Å². The van der Waals surface area contributed by atoms with E-state index >= 15 is 0 Å². The molecule has 18 heavy (non-hydrogen) atoms. The summed E-state index contributed by atoms with van der Waals surface area (Å²) >= 11 is 11.9. The van der Waals surface area contributed by atoms with Gasteiger partial charge in [0.05, 0.1) is 15.7 Å². The van der Waals surface area contributed by atoms with Crippen LogP contribution in [0.15, 0.2) is 28.8 Å². The number of nitrogens with zero attached hydrogens (tertiary/aromatic N) is 1. The van der Waals surface area contributed by atoms with E-state index in [0.717, 1.165) is 17.8 Å². The third-order valence-corrected chi connectivity index (χ3v) is 3.65. The molecule has 0 unspecified atom stereocenters. The average molecular weight is 283 g/mol. The minimum atomic E-state index is 0.517. The Morgan fingerprint density at radius 2 is 2.06 bits per heavy atom. The summed E-state index contributed by atoms with van der Waals surface area (Å²) in [5.41, 5.74) is 1.79. The zero-order valence-electron chi connectivity index (χ0n) is 9.62. The highest BCUT2D eigenvalue weighted by Crippen LogP contribution is 2.29. The Bertz CT molecular complexity index is 564. The second-order valence-corrected chi connectivity index (χ2v) is 5.28. The fourth-order valence-corrected chi connectivity index (χ4v) is 2.02. The maximum Gasteiger partial charge on any atom is 0.167 e. The second kappa shape index (κ2) is 4.92. The molecule has 1 saturated carbocycles. The van der Waals surface area contributed by atoms with E-state index in [1.807, 2.05) is 12.1 Å². The number of rotatable bonds is 4. The molecule has 1 aromatic carbocycles. The molecular weight excluding hydrogens is 271 g/mol. The van der Waals surface area contributed by atoms with Crippen LogP contribution < -0.4 is 5.32 Å². The van der Waals surface area contributed by atoms with E-state index in [9.17, 15) is 0 Å². The predicted molar refractivity (Wildman–Crippen MR) is 71.8 cm³/mol. The Morgan fingerprint density at radius 3 is 2.78 bits per heavy atom. The largest absolute Gasteiger partial charge is 0.356 e. The van der Waals surface area contributed by atoms with Crippen molar-refractivity contribution in [1.29, 1.82) is 0 Å². The first-order valence-corrected chi connectivity index (χ1v) is 6.62. The van der Waals surface area contributed by atoms with E-state index in [-0.39, 0.29) is 0 Å². The number of hydrogen-bond donors (Lipinski definition) is 1. The topological polar surface area (TPSA) is 38.1 Å². The van der Waals surface area contributed by atoms with Crippen LogP contribution in [0, 0.1) is 0 Å². The molecule has 94 valence electrons. The molecule has 3 rings (SSSR count). The van der Waals surface area contributed by atoms with Gasteiger partial charge in [0.15, 0.2) is 5.76 Å². The Morgan fingerprint density at radius 1 is 1.22 bits per heavy atom. The molecule has 1 heterocycles. The molecule has 1 fully saturated rings. The minimum absolute atomic E-state index is 0.517. The SMILES string of the molecule is Clc1ccc(-c2cc(CNC3CC3)no2)cc1Cl. The van der Waals surface area contributed by atoms with Gasteiger partial charge in [-0.15, -0.1) is 0 Å². The van der Waals surface area contributed by atoms with Crippen LogP contribution in [0.25, 0.3) is 11.3 Å². The zero-order chi connectivity index (χ0) is 12.5. The summed E-state index contributed by atoms with van der Waals surface area (Å²) in [6.07, 6.45) is 2.52. The van der Waals surface area contributed by atoms with E-state index < -0.39 is 0 Å². The number of hydrogen-bond acceptors (Lipinski definition) is 3. The van der Waals surface area contributed by atoms with E-state index in [0.29, 0.717) is 21.8 Å². The Balaban J connectivity index is 1.76. The van der Waals surface area contributed by atoms with Gasteiger partial charge in [0, 0.05) is 24.2 Å².